The Morgan fingerprint density at radius 1 is 0.328 bits per heavy atom. The summed E-state index contributed by atoms with van der Waals surface area (Å²) < 4.78 is 13.4. The van der Waals surface area contributed by atoms with Crippen LogP contribution in [-0.2, 0) is 0 Å². The van der Waals surface area contributed by atoms with Crippen LogP contribution in [0.2, 0.25) is 0 Å². The third-order valence-corrected chi connectivity index (χ3v) is 12.9. The molecule has 7 nitrogen and oxygen atoms in total. The number of hydrogen-bond donors (Lipinski definition) is 0. The molecular weight excluding hydrogens is 785 g/mol. The van der Waals surface area contributed by atoms with Gasteiger partial charge in [0.2, 0.25) is 5.95 Å². The summed E-state index contributed by atoms with van der Waals surface area (Å²) in [5.74, 6) is 1.70. The molecular formula is C57H34N6O. The van der Waals surface area contributed by atoms with E-state index in [-0.39, 0.29) is 0 Å². The number of hydrogen-bond acceptors (Lipinski definition) is 4. The molecule has 0 saturated heterocycles. The first-order valence-corrected chi connectivity index (χ1v) is 21.5. The summed E-state index contributed by atoms with van der Waals surface area (Å²) in [6.07, 6.45) is 0. The SMILES string of the molecule is c1ccc(-c2nc(-c3ccc4oc5ccccc5c4c3)nc(-n3c4ccccc4c4cc(-n5c6ccccc6c6ccccc65)c5c(c6ccccc6n5-c5ccccc5)c43)n2)cc1. The molecule has 5 heterocycles. The van der Waals surface area contributed by atoms with Crippen molar-refractivity contribution < 1.29 is 4.42 Å². The molecule has 0 aliphatic heterocycles. The molecule has 0 spiro atoms. The van der Waals surface area contributed by atoms with Crippen LogP contribution in [0.5, 0.6) is 0 Å². The summed E-state index contributed by atoms with van der Waals surface area (Å²) in [5.41, 5.74) is 12.1. The van der Waals surface area contributed by atoms with E-state index < -0.39 is 0 Å². The molecule has 0 unspecified atom stereocenters. The van der Waals surface area contributed by atoms with Crippen molar-refractivity contribution >= 4 is 87.4 Å². The van der Waals surface area contributed by atoms with Gasteiger partial charge in [-0.15, -0.1) is 0 Å². The van der Waals surface area contributed by atoms with E-state index in [9.17, 15) is 0 Å². The first-order valence-electron chi connectivity index (χ1n) is 21.5. The normalized spacial score (nSPS) is 12.1. The molecule has 0 aliphatic rings. The van der Waals surface area contributed by atoms with Gasteiger partial charge in [0.25, 0.3) is 0 Å². The first kappa shape index (κ1) is 34.9. The second kappa shape index (κ2) is 13.3. The van der Waals surface area contributed by atoms with Gasteiger partial charge in [-0.1, -0.05) is 140 Å². The van der Waals surface area contributed by atoms with E-state index >= 15 is 0 Å². The van der Waals surface area contributed by atoms with E-state index in [0.29, 0.717) is 17.6 Å². The predicted octanol–water partition coefficient (Wildman–Crippen LogP) is 14.4. The molecule has 64 heavy (non-hydrogen) atoms. The molecule has 5 aromatic heterocycles. The minimum atomic E-state index is 0.537. The van der Waals surface area contributed by atoms with Gasteiger partial charge in [0.1, 0.15) is 11.2 Å². The summed E-state index contributed by atoms with van der Waals surface area (Å²) in [5, 5.41) is 8.94. The van der Waals surface area contributed by atoms with E-state index in [4.69, 9.17) is 19.4 Å². The van der Waals surface area contributed by atoms with Gasteiger partial charge in [-0.05, 0) is 66.7 Å². The first-order chi connectivity index (χ1) is 31.8. The highest BCUT2D eigenvalue weighted by atomic mass is 16.3. The summed E-state index contributed by atoms with van der Waals surface area (Å²) in [6.45, 7) is 0. The second-order valence-corrected chi connectivity index (χ2v) is 16.4. The average molecular weight is 819 g/mol. The van der Waals surface area contributed by atoms with E-state index in [1.165, 1.54) is 10.8 Å². The Morgan fingerprint density at radius 2 is 0.844 bits per heavy atom. The molecule has 0 fully saturated rings. The lowest BCUT2D eigenvalue weighted by Crippen LogP contribution is -2.07. The van der Waals surface area contributed by atoms with Crippen LogP contribution in [0, 0.1) is 0 Å². The van der Waals surface area contributed by atoms with E-state index in [0.717, 1.165) is 99.1 Å². The number of benzene rings is 9. The number of aromatic nitrogens is 6. The second-order valence-electron chi connectivity index (χ2n) is 16.4. The third-order valence-electron chi connectivity index (χ3n) is 12.9. The maximum Gasteiger partial charge on any atom is 0.238 e. The van der Waals surface area contributed by atoms with Crippen molar-refractivity contribution in [2.45, 2.75) is 0 Å². The summed E-state index contributed by atoms with van der Waals surface area (Å²) in [7, 11) is 0. The lowest BCUT2D eigenvalue weighted by atomic mass is 10.1. The summed E-state index contributed by atoms with van der Waals surface area (Å²) in [6, 6.07) is 72.6. The number of para-hydroxylation sites is 6. The van der Waals surface area contributed by atoms with Gasteiger partial charge in [-0.2, -0.15) is 9.97 Å². The molecule has 14 rings (SSSR count). The van der Waals surface area contributed by atoms with Crippen molar-refractivity contribution in [2.75, 3.05) is 0 Å². The van der Waals surface area contributed by atoms with Crippen molar-refractivity contribution in [2.24, 2.45) is 0 Å². The highest BCUT2D eigenvalue weighted by Crippen LogP contribution is 2.46. The third kappa shape index (κ3) is 4.94. The minimum absolute atomic E-state index is 0.537. The monoisotopic (exact) mass is 818 g/mol. The van der Waals surface area contributed by atoms with Crippen molar-refractivity contribution in [3.05, 3.63) is 206 Å². The lowest BCUT2D eigenvalue weighted by Gasteiger charge is -2.16. The van der Waals surface area contributed by atoms with Crippen LogP contribution in [0.1, 0.15) is 0 Å². The van der Waals surface area contributed by atoms with Crippen molar-refractivity contribution in [1.82, 2.24) is 28.7 Å². The molecule has 7 heteroatoms. The zero-order valence-electron chi connectivity index (χ0n) is 34.2. The van der Waals surface area contributed by atoms with Crippen LogP contribution in [0.4, 0.5) is 0 Å². The maximum atomic E-state index is 6.25. The van der Waals surface area contributed by atoms with Gasteiger partial charge < -0.3 is 13.6 Å². The van der Waals surface area contributed by atoms with Crippen molar-refractivity contribution in [1.29, 1.82) is 0 Å². The number of rotatable bonds is 5. The minimum Gasteiger partial charge on any atom is -0.456 e. The summed E-state index contributed by atoms with van der Waals surface area (Å²) >= 11 is 0. The molecule has 0 atom stereocenters. The standard InChI is InChI=1S/C57H34N6O/c1-3-17-35(18-4-1)55-58-56(36-31-32-51-43(33-36)41-24-11-16-30-50(41)64-51)60-57(59-55)63-47-28-14-9-23-40(47)44-34-49(62-45-26-12-7-21-38(45)39-22-8-13-27-46(39)62)54-52(53(44)63)42-25-10-15-29-48(42)61(54)37-19-5-2-6-20-37/h1-34H. The van der Waals surface area contributed by atoms with Crippen LogP contribution >= 0.6 is 0 Å². The van der Waals surface area contributed by atoms with E-state index in [1.54, 1.807) is 0 Å². The highest BCUT2D eigenvalue weighted by Gasteiger charge is 2.27. The molecule has 9 aromatic carbocycles. The molecule has 14 aromatic rings. The molecule has 298 valence electrons. The van der Waals surface area contributed by atoms with Crippen LogP contribution < -0.4 is 0 Å². The Bertz CT molecular complexity index is 4140. The Balaban J connectivity index is 1.16. The lowest BCUT2D eigenvalue weighted by molar-refractivity contribution is 0.669. The van der Waals surface area contributed by atoms with Gasteiger partial charge in [0, 0.05) is 59.9 Å². The zero-order valence-corrected chi connectivity index (χ0v) is 34.2. The van der Waals surface area contributed by atoms with Crippen LogP contribution in [-0.4, -0.2) is 28.7 Å². The fourth-order valence-electron chi connectivity index (χ4n) is 10.2. The molecule has 0 aliphatic carbocycles. The number of fused-ring (bicyclic) bond motifs is 13. The fraction of sp³-hybridized carbons (Fsp3) is 0. The van der Waals surface area contributed by atoms with Gasteiger partial charge >= 0.3 is 0 Å². The molecule has 0 saturated carbocycles. The maximum absolute atomic E-state index is 6.25. The van der Waals surface area contributed by atoms with Crippen LogP contribution in [0.3, 0.4) is 0 Å². The van der Waals surface area contributed by atoms with Crippen LogP contribution in [0.25, 0.3) is 127 Å². The summed E-state index contributed by atoms with van der Waals surface area (Å²) in [4.78, 5) is 16.0. The zero-order chi connectivity index (χ0) is 41.9. The van der Waals surface area contributed by atoms with Crippen molar-refractivity contribution in [3.8, 4) is 40.1 Å². The largest absolute Gasteiger partial charge is 0.456 e. The molecule has 0 radical (unpaired) electrons. The quantitative estimate of drug-likeness (QED) is 0.173. The van der Waals surface area contributed by atoms with Gasteiger partial charge in [-0.3, -0.25) is 4.57 Å². The number of nitrogens with zero attached hydrogens (tertiary/aromatic N) is 6. The Labute approximate surface area is 365 Å². The van der Waals surface area contributed by atoms with E-state index in [1.807, 2.05) is 48.5 Å². The predicted molar refractivity (Wildman–Crippen MR) is 261 cm³/mol. The molecule has 0 N–H and O–H groups in total. The molecule has 0 bridgehead atoms. The average Bonchev–Trinajstić information content (AvgIpc) is 4.11. The van der Waals surface area contributed by atoms with Crippen LogP contribution in [0.15, 0.2) is 211 Å². The Kier molecular flexibility index (Phi) is 7.27. The van der Waals surface area contributed by atoms with Crippen molar-refractivity contribution in [3.63, 3.8) is 0 Å². The van der Waals surface area contributed by atoms with Gasteiger partial charge in [-0.25, -0.2) is 4.98 Å². The topological polar surface area (TPSA) is 66.6 Å². The van der Waals surface area contributed by atoms with E-state index in [2.05, 4.69) is 171 Å². The van der Waals surface area contributed by atoms with Gasteiger partial charge in [0.15, 0.2) is 11.6 Å². The Hall–Kier alpha value is -8.81. The molecule has 0 amide bonds. The van der Waals surface area contributed by atoms with Gasteiger partial charge in [0.05, 0.1) is 38.8 Å². The Morgan fingerprint density at radius 3 is 1.53 bits per heavy atom. The number of furan rings is 1. The fourth-order valence-corrected chi connectivity index (χ4v) is 10.2. The smallest absolute Gasteiger partial charge is 0.238 e. The highest BCUT2D eigenvalue weighted by molar-refractivity contribution is 6.28.